The van der Waals surface area contributed by atoms with E-state index < -0.39 is 97.5 Å². The van der Waals surface area contributed by atoms with Crippen molar-refractivity contribution in [2.45, 2.75) is 458 Å². The van der Waals surface area contributed by atoms with Crippen molar-refractivity contribution in [3.05, 3.63) is 0 Å². The van der Waals surface area contributed by atoms with Crippen LogP contribution in [-0.4, -0.2) is 96.7 Å². The number of esters is 4. The van der Waals surface area contributed by atoms with Crippen molar-refractivity contribution < 1.29 is 80.2 Å². The molecule has 0 spiro atoms. The minimum Gasteiger partial charge on any atom is -0.462 e. The quantitative estimate of drug-likeness (QED) is 0.0222. The zero-order valence-corrected chi connectivity index (χ0v) is 69.6. The van der Waals surface area contributed by atoms with Gasteiger partial charge in [-0.2, -0.15) is 0 Å². The van der Waals surface area contributed by atoms with Crippen LogP contribution in [0.3, 0.4) is 0 Å². The molecule has 0 aromatic carbocycles. The number of aliphatic hydroxyl groups excluding tert-OH is 1. The van der Waals surface area contributed by atoms with Crippen molar-refractivity contribution in [1.29, 1.82) is 0 Å². The van der Waals surface area contributed by atoms with Gasteiger partial charge in [0.25, 0.3) is 0 Å². The van der Waals surface area contributed by atoms with Crippen LogP contribution < -0.4 is 0 Å². The number of phosphoric ester groups is 2. The number of ether oxygens (including phenoxy) is 4. The van der Waals surface area contributed by atoms with Crippen molar-refractivity contribution in [2.24, 2.45) is 17.8 Å². The molecule has 0 fully saturated rings. The maximum atomic E-state index is 13.1. The van der Waals surface area contributed by atoms with E-state index in [-0.39, 0.29) is 25.7 Å². The Morgan fingerprint density at radius 3 is 0.738 bits per heavy atom. The van der Waals surface area contributed by atoms with Gasteiger partial charge in [-0.05, 0) is 43.4 Å². The molecule has 0 rings (SSSR count). The van der Waals surface area contributed by atoms with E-state index in [1.54, 1.807) is 0 Å². The van der Waals surface area contributed by atoms with E-state index in [1.807, 2.05) is 0 Å². The summed E-state index contributed by atoms with van der Waals surface area (Å²) in [6.07, 6.45) is 64.0. The lowest BCUT2D eigenvalue weighted by molar-refractivity contribution is -0.161. The largest absolute Gasteiger partial charge is 0.472 e. The molecular formula is C84H164O17P2. The van der Waals surface area contributed by atoms with Gasteiger partial charge in [0.15, 0.2) is 12.2 Å². The zero-order chi connectivity index (χ0) is 75.8. The first-order valence-electron chi connectivity index (χ1n) is 43.4. The Kier molecular flexibility index (Phi) is 72.8. The Balaban J connectivity index is 5.21. The van der Waals surface area contributed by atoms with Gasteiger partial charge in [-0.3, -0.25) is 37.3 Å². The number of hydrogen-bond acceptors (Lipinski definition) is 15. The highest BCUT2D eigenvalue weighted by molar-refractivity contribution is 7.47. The summed E-state index contributed by atoms with van der Waals surface area (Å²) in [5.74, 6) is 0.209. The molecule has 103 heavy (non-hydrogen) atoms. The summed E-state index contributed by atoms with van der Waals surface area (Å²) >= 11 is 0. The molecular weight excluding hydrogens is 1340 g/mol. The first kappa shape index (κ1) is 101. The van der Waals surface area contributed by atoms with Crippen molar-refractivity contribution in [1.82, 2.24) is 0 Å². The molecule has 0 heterocycles. The topological polar surface area (TPSA) is 237 Å². The predicted molar refractivity (Wildman–Crippen MR) is 423 cm³/mol. The Morgan fingerprint density at radius 1 is 0.282 bits per heavy atom. The Hall–Kier alpha value is -1.94. The molecule has 17 nitrogen and oxygen atoms in total. The molecule has 0 aliphatic carbocycles. The summed E-state index contributed by atoms with van der Waals surface area (Å²) in [4.78, 5) is 73.1. The molecule has 0 aliphatic heterocycles. The minimum atomic E-state index is -4.97. The number of unbranched alkanes of at least 4 members (excludes halogenated alkanes) is 48. The van der Waals surface area contributed by atoms with E-state index in [2.05, 4.69) is 48.5 Å². The lowest BCUT2D eigenvalue weighted by Gasteiger charge is -2.21. The smallest absolute Gasteiger partial charge is 0.462 e. The molecule has 0 amide bonds. The third-order valence-electron chi connectivity index (χ3n) is 20.4. The monoisotopic (exact) mass is 1510 g/mol. The van der Waals surface area contributed by atoms with Crippen LogP contribution in [-0.2, 0) is 65.4 Å². The highest BCUT2D eigenvalue weighted by atomic mass is 31.2. The fraction of sp³-hybridized carbons (Fsp3) is 0.952. The Labute approximate surface area is 632 Å². The summed E-state index contributed by atoms with van der Waals surface area (Å²) < 4.78 is 68.8. The van der Waals surface area contributed by atoms with Crippen molar-refractivity contribution in [2.75, 3.05) is 39.6 Å². The summed E-state index contributed by atoms with van der Waals surface area (Å²) in [7, 11) is -9.92. The highest BCUT2D eigenvalue weighted by Crippen LogP contribution is 2.45. The van der Waals surface area contributed by atoms with Crippen molar-refractivity contribution in [3.63, 3.8) is 0 Å². The Bertz CT molecular complexity index is 2000. The summed E-state index contributed by atoms with van der Waals surface area (Å²) in [6, 6.07) is 0. The number of carbonyl (C=O) groups is 4. The molecule has 19 heteroatoms. The molecule has 0 radical (unpaired) electrons. The molecule has 0 aromatic rings. The summed E-state index contributed by atoms with van der Waals surface area (Å²) in [5.41, 5.74) is 0. The second kappa shape index (κ2) is 74.2. The lowest BCUT2D eigenvalue weighted by Crippen LogP contribution is -2.30. The standard InChI is InChI=1S/C84H164O17P2/c1-8-11-12-13-14-15-16-17-18-19-20-21-25-28-31-34-37-43-51-58-65-81(86)94-71-79(100-83(88)67-60-53-44-38-35-32-29-26-23-22-24-27-30-33-36-41-48-55-62-75(4)5)73-98-102(90,91)96-69-78(85)70-97-103(92,93)99-74-80(72-95-82(87)66-59-52-47-46-50-57-64-77(7)10-3)101-84(89)68-61-54-45-40-39-42-49-56-63-76(6)9-2/h75-80,85H,8-74H2,1-7H3,(H,90,91)(H,92,93)/t76?,77?,78-,79-,80-/m1/s1. The average Bonchev–Trinajstić information content (AvgIpc) is 0.953. The van der Waals surface area contributed by atoms with E-state index in [0.29, 0.717) is 25.7 Å². The van der Waals surface area contributed by atoms with Gasteiger partial charge in [0.05, 0.1) is 26.4 Å². The molecule has 0 bridgehead atoms. The maximum Gasteiger partial charge on any atom is 0.472 e. The summed E-state index contributed by atoms with van der Waals surface area (Å²) in [5, 5.41) is 10.7. The SMILES string of the molecule is CCCCCCCCCCCCCCCCCCCCCCC(=O)OC[C@H](COP(=O)(O)OC[C@@H](O)COP(=O)(O)OC[C@@H](COC(=O)CCCCCCCCC(C)CC)OC(=O)CCCCCCCCCCC(C)CC)OC(=O)CCCCCCCCCCCCCCCCCCCCC(C)C. The van der Waals surface area contributed by atoms with Crippen LogP contribution in [0.15, 0.2) is 0 Å². The number of hydrogen-bond donors (Lipinski definition) is 3. The number of carbonyl (C=O) groups excluding carboxylic acids is 4. The van der Waals surface area contributed by atoms with Crippen LogP contribution in [0.1, 0.15) is 440 Å². The molecule has 612 valence electrons. The van der Waals surface area contributed by atoms with Gasteiger partial charge in [0.1, 0.15) is 19.3 Å². The van der Waals surface area contributed by atoms with Gasteiger partial charge < -0.3 is 33.8 Å². The second-order valence-corrected chi connectivity index (χ2v) is 34.1. The van der Waals surface area contributed by atoms with Crippen LogP contribution in [0.2, 0.25) is 0 Å². The zero-order valence-electron chi connectivity index (χ0n) is 67.8. The molecule has 7 atom stereocenters. The first-order chi connectivity index (χ1) is 49.8. The number of phosphoric acid groups is 2. The van der Waals surface area contributed by atoms with Crippen LogP contribution in [0.25, 0.3) is 0 Å². The fourth-order valence-corrected chi connectivity index (χ4v) is 14.5. The third-order valence-corrected chi connectivity index (χ3v) is 22.3. The predicted octanol–water partition coefficient (Wildman–Crippen LogP) is 25.3. The van der Waals surface area contributed by atoms with Gasteiger partial charge in [-0.1, -0.05) is 389 Å². The second-order valence-electron chi connectivity index (χ2n) is 31.2. The van der Waals surface area contributed by atoms with E-state index >= 15 is 0 Å². The van der Waals surface area contributed by atoms with Gasteiger partial charge >= 0.3 is 39.5 Å². The van der Waals surface area contributed by atoms with Crippen LogP contribution in [0.5, 0.6) is 0 Å². The van der Waals surface area contributed by atoms with Gasteiger partial charge in [-0.15, -0.1) is 0 Å². The van der Waals surface area contributed by atoms with Crippen LogP contribution >= 0.6 is 15.6 Å². The minimum absolute atomic E-state index is 0.104. The van der Waals surface area contributed by atoms with E-state index in [1.165, 1.54) is 244 Å². The first-order valence-corrected chi connectivity index (χ1v) is 46.4. The Morgan fingerprint density at radius 2 is 0.495 bits per heavy atom. The van der Waals surface area contributed by atoms with Crippen molar-refractivity contribution >= 4 is 39.5 Å². The van der Waals surface area contributed by atoms with Crippen LogP contribution in [0, 0.1) is 17.8 Å². The molecule has 0 aromatic heterocycles. The van der Waals surface area contributed by atoms with E-state index in [9.17, 15) is 43.2 Å². The van der Waals surface area contributed by atoms with E-state index in [4.69, 9.17) is 37.0 Å². The highest BCUT2D eigenvalue weighted by Gasteiger charge is 2.30. The van der Waals surface area contributed by atoms with Gasteiger partial charge in [-0.25, -0.2) is 9.13 Å². The van der Waals surface area contributed by atoms with E-state index in [0.717, 1.165) is 114 Å². The molecule has 0 aliphatic rings. The number of rotatable bonds is 82. The van der Waals surface area contributed by atoms with Gasteiger partial charge in [0.2, 0.25) is 0 Å². The normalized spacial score (nSPS) is 14.4. The van der Waals surface area contributed by atoms with Crippen LogP contribution in [0.4, 0.5) is 0 Å². The molecule has 0 saturated carbocycles. The molecule has 0 saturated heterocycles. The third kappa shape index (κ3) is 75.3. The average molecular weight is 1510 g/mol. The lowest BCUT2D eigenvalue weighted by atomic mass is 9.99. The summed E-state index contributed by atoms with van der Waals surface area (Å²) in [6.45, 7) is 11.9. The molecule has 4 unspecified atom stereocenters. The maximum absolute atomic E-state index is 13.1. The van der Waals surface area contributed by atoms with Crippen molar-refractivity contribution in [3.8, 4) is 0 Å². The fourth-order valence-electron chi connectivity index (χ4n) is 13.0. The molecule has 3 N–H and O–H groups in total. The number of aliphatic hydroxyl groups is 1. The van der Waals surface area contributed by atoms with Gasteiger partial charge in [0, 0.05) is 25.7 Å².